The predicted molar refractivity (Wildman–Crippen MR) is 76.2 cm³/mol. The summed E-state index contributed by atoms with van der Waals surface area (Å²) in [6.07, 6.45) is 2.08. The summed E-state index contributed by atoms with van der Waals surface area (Å²) in [7, 11) is 3.60. The lowest BCUT2D eigenvalue weighted by Crippen LogP contribution is -1.88. The Hall–Kier alpha value is 0.120. The first kappa shape index (κ1) is 10.6. The van der Waals surface area contributed by atoms with Crippen LogP contribution in [0.5, 0.6) is 0 Å². The fourth-order valence-electron chi connectivity index (χ4n) is 1.38. The van der Waals surface area contributed by atoms with E-state index in [1.54, 1.807) is 9.12 Å². The Morgan fingerprint density at radius 2 is 2.29 bits per heavy atom. The molecule has 14 heavy (non-hydrogen) atoms. The maximum absolute atomic E-state index is 3.57. The molecule has 1 aromatic carbocycles. The molecular formula is C9H8BrIN2S. The van der Waals surface area contributed by atoms with Crippen molar-refractivity contribution in [3.8, 4) is 0 Å². The van der Waals surface area contributed by atoms with Crippen molar-refractivity contribution >= 4 is 62.8 Å². The van der Waals surface area contributed by atoms with Crippen LogP contribution in [0.1, 0.15) is 0 Å². The highest BCUT2D eigenvalue weighted by atomic mass is 127. The molecule has 2 nitrogen and oxygen atoms in total. The van der Waals surface area contributed by atoms with Crippen molar-refractivity contribution in [2.24, 2.45) is 0 Å². The van der Waals surface area contributed by atoms with Crippen molar-refractivity contribution in [1.82, 2.24) is 3.97 Å². The Bertz CT molecular complexity index is 469. The number of anilines is 1. The van der Waals surface area contributed by atoms with Crippen LogP contribution in [0.3, 0.4) is 0 Å². The number of nitrogens with zero attached hydrogens (tertiary/aromatic N) is 1. The van der Waals surface area contributed by atoms with E-state index in [9.17, 15) is 0 Å². The molecule has 0 aliphatic heterocycles. The van der Waals surface area contributed by atoms with Gasteiger partial charge >= 0.3 is 0 Å². The average molecular weight is 383 g/mol. The molecule has 0 fully saturated rings. The molecule has 2 rings (SSSR count). The first-order chi connectivity index (χ1) is 6.76. The number of aromatic nitrogens is 1. The Kier molecular flexibility index (Phi) is 3.28. The molecule has 1 aromatic heterocycles. The van der Waals surface area contributed by atoms with Gasteiger partial charge in [0.1, 0.15) is 0 Å². The van der Waals surface area contributed by atoms with Gasteiger partial charge in [0.15, 0.2) is 0 Å². The van der Waals surface area contributed by atoms with Gasteiger partial charge in [0.05, 0.1) is 5.52 Å². The summed E-state index contributed by atoms with van der Waals surface area (Å²) in [4.78, 5) is 0. The highest BCUT2D eigenvalue weighted by molar-refractivity contribution is 14.2. The minimum atomic E-state index is 1.12. The molecule has 0 spiro atoms. The lowest BCUT2D eigenvalue weighted by Gasteiger charge is -2.04. The van der Waals surface area contributed by atoms with Crippen LogP contribution >= 0.6 is 46.3 Å². The van der Waals surface area contributed by atoms with Crippen LogP contribution in [0, 0.1) is 0 Å². The Labute approximate surface area is 107 Å². The van der Waals surface area contributed by atoms with E-state index in [0.29, 0.717) is 0 Å². The number of fused-ring (bicyclic) bond motifs is 1. The molecule has 1 N–H and O–H groups in total. The minimum absolute atomic E-state index is 1.12. The SMILES string of the molecule is CNc1cc(Br)c2ccn(SI)c2c1. The van der Waals surface area contributed by atoms with E-state index in [1.807, 2.05) is 7.05 Å². The zero-order valence-corrected chi connectivity index (χ0v) is 12.0. The number of benzene rings is 1. The van der Waals surface area contributed by atoms with E-state index < -0.39 is 0 Å². The van der Waals surface area contributed by atoms with Gasteiger partial charge in [-0.2, -0.15) is 0 Å². The zero-order valence-electron chi connectivity index (χ0n) is 7.42. The summed E-state index contributed by atoms with van der Waals surface area (Å²) in [5.41, 5.74) is 2.35. The Morgan fingerprint density at radius 3 is 2.93 bits per heavy atom. The highest BCUT2D eigenvalue weighted by Crippen LogP contribution is 2.32. The summed E-state index contributed by atoms with van der Waals surface area (Å²) in [6, 6.07) is 6.35. The van der Waals surface area contributed by atoms with Crippen LogP contribution in [0.4, 0.5) is 5.69 Å². The molecule has 0 aliphatic carbocycles. The maximum atomic E-state index is 3.57. The lowest BCUT2D eigenvalue weighted by molar-refractivity contribution is 1.36. The van der Waals surface area contributed by atoms with Crippen molar-refractivity contribution in [1.29, 1.82) is 0 Å². The largest absolute Gasteiger partial charge is 0.388 e. The highest BCUT2D eigenvalue weighted by Gasteiger charge is 2.05. The van der Waals surface area contributed by atoms with E-state index in [-0.39, 0.29) is 0 Å². The van der Waals surface area contributed by atoms with Crippen molar-refractivity contribution < 1.29 is 0 Å². The topological polar surface area (TPSA) is 17.0 Å². The summed E-state index contributed by atoms with van der Waals surface area (Å²) in [6.45, 7) is 0. The summed E-state index contributed by atoms with van der Waals surface area (Å²) in [5, 5.41) is 4.39. The van der Waals surface area contributed by atoms with Gasteiger partial charge in [-0.05, 0) is 18.2 Å². The van der Waals surface area contributed by atoms with E-state index in [2.05, 4.69) is 70.8 Å². The number of nitrogens with one attached hydrogen (secondary N) is 1. The van der Waals surface area contributed by atoms with Gasteiger partial charge in [0, 0.05) is 59.1 Å². The number of hydrogen-bond donors (Lipinski definition) is 1. The normalized spacial score (nSPS) is 10.8. The summed E-state index contributed by atoms with van der Waals surface area (Å²) in [5.74, 6) is 0. The van der Waals surface area contributed by atoms with E-state index in [1.165, 1.54) is 10.9 Å². The third-order valence-electron chi connectivity index (χ3n) is 2.08. The number of halogens is 2. The van der Waals surface area contributed by atoms with Gasteiger partial charge in [0.25, 0.3) is 0 Å². The van der Waals surface area contributed by atoms with Gasteiger partial charge in [-0.25, -0.2) is 0 Å². The molecule has 0 saturated carbocycles. The molecule has 0 atom stereocenters. The second-order valence-corrected chi connectivity index (χ2v) is 5.42. The minimum Gasteiger partial charge on any atom is -0.388 e. The number of rotatable bonds is 2. The van der Waals surface area contributed by atoms with Gasteiger partial charge in [-0.3, -0.25) is 3.97 Å². The van der Waals surface area contributed by atoms with Crippen molar-refractivity contribution in [2.45, 2.75) is 0 Å². The van der Waals surface area contributed by atoms with Crippen LogP contribution in [-0.2, 0) is 0 Å². The summed E-state index contributed by atoms with van der Waals surface area (Å²) >= 11 is 5.84. The molecule has 0 bridgehead atoms. The molecule has 0 unspecified atom stereocenters. The molecule has 0 radical (unpaired) electrons. The average Bonchev–Trinajstić information content (AvgIpc) is 2.61. The van der Waals surface area contributed by atoms with Crippen LogP contribution in [-0.4, -0.2) is 11.0 Å². The monoisotopic (exact) mass is 382 g/mol. The molecule has 2 aromatic rings. The first-order valence-corrected chi connectivity index (χ1v) is 8.14. The predicted octanol–water partition coefficient (Wildman–Crippen LogP) is 4.29. The maximum Gasteiger partial charge on any atom is 0.0630 e. The van der Waals surface area contributed by atoms with E-state index >= 15 is 0 Å². The number of hydrogen-bond acceptors (Lipinski definition) is 2. The van der Waals surface area contributed by atoms with E-state index in [0.717, 1.165) is 10.2 Å². The third kappa shape index (κ3) is 1.77. The van der Waals surface area contributed by atoms with Crippen molar-refractivity contribution in [3.05, 3.63) is 28.9 Å². The molecule has 0 amide bonds. The smallest absolute Gasteiger partial charge is 0.0630 e. The van der Waals surface area contributed by atoms with Crippen molar-refractivity contribution in [2.75, 3.05) is 12.4 Å². The third-order valence-corrected chi connectivity index (χ3v) is 4.48. The van der Waals surface area contributed by atoms with Crippen molar-refractivity contribution in [3.63, 3.8) is 0 Å². The van der Waals surface area contributed by atoms with Crippen LogP contribution < -0.4 is 5.32 Å². The van der Waals surface area contributed by atoms with Gasteiger partial charge < -0.3 is 5.32 Å². The molecule has 5 heteroatoms. The van der Waals surface area contributed by atoms with Gasteiger partial charge in [0.2, 0.25) is 0 Å². The second-order valence-electron chi connectivity index (χ2n) is 2.85. The lowest BCUT2D eigenvalue weighted by atomic mass is 10.2. The summed E-state index contributed by atoms with van der Waals surface area (Å²) < 4.78 is 3.27. The molecule has 0 saturated heterocycles. The molecule has 74 valence electrons. The first-order valence-electron chi connectivity index (χ1n) is 4.03. The standard InChI is InChI=1S/C9H8BrIN2S/c1-12-6-4-8(10)7-2-3-13(14-11)9(7)5-6/h2-5,12H,1H3. The van der Waals surface area contributed by atoms with Crippen LogP contribution in [0.2, 0.25) is 0 Å². The van der Waals surface area contributed by atoms with Crippen LogP contribution in [0.15, 0.2) is 28.9 Å². The van der Waals surface area contributed by atoms with Gasteiger partial charge in [-0.1, -0.05) is 15.9 Å². The Balaban J connectivity index is 2.73. The zero-order chi connectivity index (χ0) is 10.1. The fourth-order valence-corrected chi connectivity index (χ4v) is 3.32. The second kappa shape index (κ2) is 4.32. The molecular weight excluding hydrogens is 375 g/mol. The van der Waals surface area contributed by atoms with Gasteiger partial charge in [-0.15, -0.1) is 0 Å². The molecule has 0 aliphatic rings. The quantitative estimate of drug-likeness (QED) is 0.780. The molecule has 1 heterocycles. The fraction of sp³-hybridized carbons (Fsp3) is 0.111. The van der Waals surface area contributed by atoms with Crippen LogP contribution in [0.25, 0.3) is 10.9 Å². The van der Waals surface area contributed by atoms with E-state index in [4.69, 9.17) is 0 Å². The Morgan fingerprint density at radius 1 is 1.50 bits per heavy atom.